The maximum atomic E-state index is 12.0. The largest absolute Gasteiger partial charge is 0.496 e. The minimum atomic E-state index is -1.18. The van der Waals surface area contributed by atoms with Crippen molar-refractivity contribution in [1.29, 1.82) is 0 Å². The lowest BCUT2D eigenvalue weighted by Gasteiger charge is -2.22. The first-order valence-corrected chi connectivity index (χ1v) is 6.46. The Balaban J connectivity index is 2.67. The van der Waals surface area contributed by atoms with Crippen molar-refractivity contribution in [2.24, 2.45) is 0 Å². The summed E-state index contributed by atoms with van der Waals surface area (Å²) in [6, 6.07) is 5.63. The Morgan fingerprint density at radius 3 is 2.62 bits per heavy atom. The molecule has 0 saturated carbocycles. The van der Waals surface area contributed by atoms with Crippen molar-refractivity contribution >= 4 is 12.0 Å². The van der Waals surface area contributed by atoms with Gasteiger partial charge in [0.15, 0.2) is 0 Å². The van der Waals surface area contributed by atoms with Crippen molar-refractivity contribution in [1.82, 2.24) is 10.2 Å². The molecule has 0 fully saturated rings. The molecule has 0 aliphatic carbocycles. The summed E-state index contributed by atoms with van der Waals surface area (Å²) in [6.45, 7) is -0.0330. The van der Waals surface area contributed by atoms with Crippen LogP contribution in [-0.2, 0) is 11.3 Å². The molecule has 0 aliphatic rings. The number of hydrogen-bond donors (Lipinski definition) is 3. The third kappa shape index (κ3) is 4.96. The highest BCUT2D eigenvalue weighted by Gasteiger charge is 2.21. The van der Waals surface area contributed by atoms with Gasteiger partial charge < -0.3 is 25.2 Å². The number of nitrogens with one attached hydrogen (secondary N) is 1. The van der Waals surface area contributed by atoms with Crippen LogP contribution in [0.1, 0.15) is 12.0 Å². The Morgan fingerprint density at radius 2 is 2.05 bits per heavy atom. The lowest BCUT2D eigenvalue weighted by molar-refractivity contribution is -0.139. The molecule has 1 rings (SSSR count). The minimum absolute atomic E-state index is 0.0381. The molecule has 1 aromatic carbocycles. The molecule has 1 atom stereocenters. The number of para-hydroxylation sites is 1. The number of hydrogen-bond acceptors (Lipinski definition) is 4. The first-order valence-electron chi connectivity index (χ1n) is 6.46. The van der Waals surface area contributed by atoms with Crippen LogP contribution in [0.4, 0.5) is 4.79 Å². The van der Waals surface area contributed by atoms with Crippen molar-refractivity contribution < 1.29 is 24.5 Å². The van der Waals surface area contributed by atoms with E-state index in [1.165, 1.54) is 4.90 Å². The zero-order valence-electron chi connectivity index (χ0n) is 12.1. The van der Waals surface area contributed by atoms with Crippen LogP contribution >= 0.6 is 0 Å². The Labute approximate surface area is 123 Å². The number of aliphatic carboxylic acids is 1. The van der Waals surface area contributed by atoms with E-state index >= 15 is 0 Å². The molecule has 0 bridgehead atoms. The summed E-state index contributed by atoms with van der Waals surface area (Å²) in [5, 5.41) is 20.1. The van der Waals surface area contributed by atoms with E-state index < -0.39 is 18.0 Å². The Kier molecular flexibility index (Phi) is 6.48. The number of urea groups is 1. The number of carbonyl (C=O) groups is 2. The summed E-state index contributed by atoms with van der Waals surface area (Å²) in [5.41, 5.74) is 0.812. The third-order valence-electron chi connectivity index (χ3n) is 2.96. The smallest absolute Gasteiger partial charge is 0.326 e. The van der Waals surface area contributed by atoms with Gasteiger partial charge in [0.25, 0.3) is 0 Å². The number of ether oxygens (including phenoxy) is 1. The van der Waals surface area contributed by atoms with Crippen LogP contribution in [0.5, 0.6) is 5.75 Å². The molecule has 0 aromatic heterocycles. The highest BCUT2D eigenvalue weighted by molar-refractivity contribution is 5.82. The molecule has 0 heterocycles. The Bertz CT molecular complexity index is 492. The van der Waals surface area contributed by atoms with Gasteiger partial charge in [0.05, 0.1) is 13.7 Å². The fourth-order valence-electron chi connectivity index (χ4n) is 1.81. The van der Waals surface area contributed by atoms with Gasteiger partial charge in [0, 0.05) is 25.6 Å². The normalized spacial score (nSPS) is 11.6. The van der Waals surface area contributed by atoms with Gasteiger partial charge in [0.2, 0.25) is 0 Å². The monoisotopic (exact) mass is 296 g/mol. The second kappa shape index (κ2) is 8.11. The van der Waals surface area contributed by atoms with E-state index in [0.717, 1.165) is 5.56 Å². The van der Waals surface area contributed by atoms with E-state index in [2.05, 4.69) is 5.32 Å². The maximum Gasteiger partial charge on any atom is 0.326 e. The molecule has 0 saturated heterocycles. The fraction of sp³-hybridized carbons (Fsp3) is 0.429. The summed E-state index contributed by atoms with van der Waals surface area (Å²) < 4.78 is 5.20. The Morgan fingerprint density at radius 1 is 1.38 bits per heavy atom. The summed E-state index contributed by atoms with van der Waals surface area (Å²) in [4.78, 5) is 24.3. The van der Waals surface area contributed by atoms with Crippen molar-refractivity contribution in [2.45, 2.75) is 19.0 Å². The molecule has 7 heteroatoms. The van der Waals surface area contributed by atoms with E-state index in [4.69, 9.17) is 14.9 Å². The molecular weight excluding hydrogens is 276 g/mol. The van der Waals surface area contributed by atoms with Crippen LogP contribution in [0, 0.1) is 0 Å². The first-order chi connectivity index (χ1) is 9.99. The number of aliphatic hydroxyl groups is 1. The second-order valence-electron chi connectivity index (χ2n) is 4.52. The predicted molar refractivity (Wildman–Crippen MR) is 76.1 cm³/mol. The summed E-state index contributed by atoms with van der Waals surface area (Å²) in [7, 11) is 3.10. The second-order valence-corrected chi connectivity index (χ2v) is 4.52. The van der Waals surface area contributed by atoms with E-state index in [1.807, 2.05) is 18.2 Å². The summed E-state index contributed by atoms with van der Waals surface area (Å²) in [5.74, 6) is -0.523. The van der Waals surface area contributed by atoms with Crippen LogP contribution in [0.3, 0.4) is 0 Å². The minimum Gasteiger partial charge on any atom is -0.496 e. The lowest BCUT2D eigenvalue weighted by atomic mass is 10.2. The van der Waals surface area contributed by atoms with E-state index in [-0.39, 0.29) is 19.6 Å². The topological polar surface area (TPSA) is 99.1 Å². The van der Waals surface area contributed by atoms with E-state index in [1.54, 1.807) is 20.2 Å². The molecule has 116 valence electrons. The van der Waals surface area contributed by atoms with Gasteiger partial charge in [-0.3, -0.25) is 0 Å². The summed E-state index contributed by atoms with van der Waals surface area (Å²) >= 11 is 0. The Hall–Kier alpha value is -2.28. The zero-order valence-corrected chi connectivity index (χ0v) is 12.1. The average Bonchev–Trinajstić information content (AvgIpc) is 2.47. The van der Waals surface area contributed by atoms with Gasteiger partial charge in [0.1, 0.15) is 11.8 Å². The SMILES string of the molecule is COc1ccccc1CN(C)C(=O)N[C@@H](CCO)C(=O)O. The molecule has 0 unspecified atom stereocenters. The van der Waals surface area contributed by atoms with Gasteiger partial charge in [-0.05, 0) is 6.07 Å². The number of carboxylic acid groups (broad SMARTS) is 1. The van der Waals surface area contributed by atoms with Crippen molar-refractivity contribution in [3.05, 3.63) is 29.8 Å². The first kappa shape index (κ1) is 16.8. The van der Waals surface area contributed by atoms with Crippen LogP contribution in [0.25, 0.3) is 0 Å². The number of methoxy groups -OCH3 is 1. The molecule has 0 spiro atoms. The van der Waals surface area contributed by atoms with Crippen LogP contribution in [0.15, 0.2) is 24.3 Å². The van der Waals surface area contributed by atoms with Crippen molar-refractivity contribution in [3.63, 3.8) is 0 Å². The highest BCUT2D eigenvalue weighted by Crippen LogP contribution is 2.18. The third-order valence-corrected chi connectivity index (χ3v) is 2.96. The molecule has 3 N–H and O–H groups in total. The van der Waals surface area contributed by atoms with Crippen LogP contribution < -0.4 is 10.1 Å². The van der Waals surface area contributed by atoms with Crippen molar-refractivity contribution in [2.75, 3.05) is 20.8 Å². The zero-order chi connectivity index (χ0) is 15.8. The number of nitrogens with zero attached hydrogens (tertiary/aromatic N) is 1. The molecule has 21 heavy (non-hydrogen) atoms. The fourth-order valence-corrected chi connectivity index (χ4v) is 1.81. The molecule has 7 nitrogen and oxygen atoms in total. The van der Waals surface area contributed by atoms with Crippen LogP contribution in [0.2, 0.25) is 0 Å². The molecule has 0 aliphatic heterocycles. The van der Waals surface area contributed by atoms with Crippen molar-refractivity contribution in [3.8, 4) is 5.75 Å². The molecule has 1 aromatic rings. The van der Waals surface area contributed by atoms with Crippen LogP contribution in [-0.4, -0.2) is 53.9 Å². The summed E-state index contributed by atoms with van der Waals surface area (Å²) in [6.07, 6.45) is -0.0381. The number of carboxylic acids is 1. The van der Waals surface area contributed by atoms with E-state index in [0.29, 0.717) is 5.75 Å². The quantitative estimate of drug-likeness (QED) is 0.687. The maximum absolute atomic E-state index is 12.0. The lowest BCUT2D eigenvalue weighted by Crippen LogP contribution is -2.46. The van der Waals surface area contributed by atoms with Gasteiger partial charge in [-0.2, -0.15) is 0 Å². The predicted octanol–water partition coefficient (Wildman–Crippen LogP) is 0.672. The highest BCUT2D eigenvalue weighted by atomic mass is 16.5. The van der Waals surface area contributed by atoms with E-state index in [9.17, 15) is 9.59 Å². The molecule has 0 radical (unpaired) electrons. The number of rotatable bonds is 7. The number of carbonyl (C=O) groups excluding carboxylic acids is 1. The standard InChI is InChI=1S/C14H20N2O5/c1-16(9-10-5-3-4-6-12(10)21-2)14(20)15-11(7-8-17)13(18)19/h3-6,11,17H,7-9H2,1-2H3,(H,15,20)(H,18,19)/t11-/m0/s1. The molecular formula is C14H20N2O5. The average molecular weight is 296 g/mol. The number of benzene rings is 1. The van der Waals surface area contributed by atoms with Gasteiger partial charge in [-0.25, -0.2) is 9.59 Å². The molecule has 2 amide bonds. The number of aliphatic hydroxyl groups excluding tert-OH is 1. The van der Waals surface area contributed by atoms with Gasteiger partial charge >= 0.3 is 12.0 Å². The van der Waals surface area contributed by atoms with Gasteiger partial charge in [-0.15, -0.1) is 0 Å². The number of amides is 2. The van der Waals surface area contributed by atoms with Gasteiger partial charge in [-0.1, -0.05) is 18.2 Å².